The van der Waals surface area contributed by atoms with Crippen molar-refractivity contribution in [2.24, 2.45) is 5.73 Å². The van der Waals surface area contributed by atoms with Crippen LogP contribution >= 0.6 is 15.9 Å². The van der Waals surface area contributed by atoms with Gasteiger partial charge in [0.25, 0.3) is 0 Å². The Morgan fingerprint density at radius 3 is 2.68 bits per heavy atom. The largest absolute Gasteiger partial charge is 0.484 e. The van der Waals surface area contributed by atoms with E-state index in [1.807, 2.05) is 44.2 Å². The van der Waals surface area contributed by atoms with Crippen molar-refractivity contribution in [2.45, 2.75) is 26.0 Å². The first-order valence-electron chi connectivity index (χ1n) is 6.16. The average molecular weight is 321 g/mol. The highest BCUT2D eigenvalue weighted by Gasteiger charge is 2.18. The van der Waals surface area contributed by atoms with Gasteiger partial charge in [-0.3, -0.25) is 4.98 Å². The molecule has 2 unspecified atom stereocenters. The Morgan fingerprint density at radius 1 is 1.32 bits per heavy atom. The van der Waals surface area contributed by atoms with Crippen molar-refractivity contribution >= 4 is 15.9 Å². The Kier molecular flexibility index (Phi) is 4.56. The topological polar surface area (TPSA) is 48.1 Å². The van der Waals surface area contributed by atoms with Gasteiger partial charge in [-0.1, -0.05) is 22.0 Å². The van der Waals surface area contributed by atoms with Gasteiger partial charge in [-0.05, 0) is 43.7 Å². The van der Waals surface area contributed by atoms with Crippen molar-refractivity contribution in [3.8, 4) is 5.75 Å². The number of rotatable bonds is 4. The lowest BCUT2D eigenvalue weighted by molar-refractivity contribution is 0.180. The fraction of sp³-hybridized carbons (Fsp3) is 0.267. The van der Waals surface area contributed by atoms with Gasteiger partial charge in [-0.15, -0.1) is 0 Å². The molecule has 1 aromatic heterocycles. The number of hydrogen-bond acceptors (Lipinski definition) is 3. The van der Waals surface area contributed by atoms with Crippen LogP contribution in [0.5, 0.6) is 5.75 Å². The number of pyridine rings is 1. The van der Waals surface area contributed by atoms with E-state index in [2.05, 4.69) is 20.9 Å². The lowest BCUT2D eigenvalue weighted by Gasteiger charge is -2.23. The fourth-order valence-corrected chi connectivity index (χ4v) is 2.11. The molecule has 3 nitrogen and oxygen atoms in total. The van der Waals surface area contributed by atoms with E-state index in [1.54, 1.807) is 12.4 Å². The molecule has 19 heavy (non-hydrogen) atoms. The minimum Gasteiger partial charge on any atom is -0.484 e. The zero-order valence-electron chi connectivity index (χ0n) is 11.0. The maximum absolute atomic E-state index is 6.02. The van der Waals surface area contributed by atoms with Crippen LogP contribution in [0.1, 0.15) is 24.2 Å². The van der Waals surface area contributed by atoms with Crippen molar-refractivity contribution in [3.63, 3.8) is 0 Å². The molecule has 4 heteroatoms. The van der Waals surface area contributed by atoms with Gasteiger partial charge in [-0.2, -0.15) is 0 Å². The van der Waals surface area contributed by atoms with E-state index in [9.17, 15) is 0 Å². The zero-order valence-corrected chi connectivity index (χ0v) is 12.6. The molecule has 0 aliphatic heterocycles. The number of hydrogen-bond donors (Lipinski definition) is 1. The van der Waals surface area contributed by atoms with Crippen LogP contribution in [0.2, 0.25) is 0 Å². The van der Waals surface area contributed by atoms with Crippen LogP contribution in [0.3, 0.4) is 0 Å². The van der Waals surface area contributed by atoms with Crippen molar-refractivity contribution in [3.05, 3.63) is 58.3 Å². The third-order valence-electron chi connectivity index (χ3n) is 2.88. The minimum absolute atomic E-state index is 0.117. The Labute approximate surface area is 121 Å². The van der Waals surface area contributed by atoms with Crippen molar-refractivity contribution < 1.29 is 4.74 Å². The van der Waals surface area contributed by atoms with Crippen molar-refractivity contribution in [1.29, 1.82) is 0 Å². The standard InChI is InChI=1S/C15H17BrN2O/c1-10-8-13(5-6-14(10)16)19-15(11(2)17)12-4-3-7-18-9-12/h3-9,11,15H,17H2,1-2H3. The molecule has 2 atom stereocenters. The zero-order chi connectivity index (χ0) is 13.8. The minimum atomic E-state index is -0.200. The van der Waals surface area contributed by atoms with Gasteiger partial charge in [0, 0.05) is 28.5 Å². The Bertz CT molecular complexity index is 543. The second-order valence-electron chi connectivity index (χ2n) is 4.59. The molecule has 2 rings (SSSR count). The summed E-state index contributed by atoms with van der Waals surface area (Å²) in [5, 5.41) is 0. The summed E-state index contributed by atoms with van der Waals surface area (Å²) in [7, 11) is 0. The second-order valence-corrected chi connectivity index (χ2v) is 5.45. The predicted molar refractivity (Wildman–Crippen MR) is 80.1 cm³/mol. The molecule has 0 spiro atoms. The maximum atomic E-state index is 6.02. The van der Waals surface area contributed by atoms with E-state index in [0.717, 1.165) is 21.3 Å². The first-order valence-corrected chi connectivity index (χ1v) is 6.95. The van der Waals surface area contributed by atoms with Crippen LogP contribution in [-0.4, -0.2) is 11.0 Å². The molecule has 0 aliphatic carbocycles. The van der Waals surface area contributed by atoms with E-state index < -0.39 is 0 Å². The van der Waals surface area contributed by atoms with E-state index in [4.69, 9.17) is 10.5 Å². The lowest BCUT2D eigenvalue weighted by Crippen LogP contribution is -2.29. The number of nitrogens with two attached hydrogens (primary N) is 1. The van der Waals surface area contributed by atoms with Gasteiger partial charge < -0.3 is 10.5 Å². The Balaban J connectivity index is 2.24. The second kappa shape index (κ2) is 6.17. The Hall–Kier alpha value is -1.39. The molecule has 0 amide bonds. The normalized spacial score (nSPS) is 13.9. The van der Waals surface area contributed by atoms with Gasteiger partial charge in [0.15, 0.2) is 0 Å². The van der Waals surface area contributed by atoms with Gasteiger partial charge in [-0.25, -0.2) is 0 Å². The van der Waals surface area contributed by atoms with Crippen LogP contribution in [0.15, 0.2) is 47.2 Å². The van der Waals surface area contributed by atoms with Crippen molar-refractivity contribution in [2.75, 3.05) is 0 Å². The van der Waals surface area contributed by atoms with Gasteiger partial charge in [0.1, 0.15) is 11.9 Å². The molecule has 0 radical (unpaired) electrons. The summed E-state index contributed by atoms with van der Waals surface area (Å²) < 4.78 is 7.08. The van der Waals surface area contributed by atoms with E-state index in [0.29, 0.717) is 0 Å². The quantitative estimate of drug-likeness (QED) is 0.936. The molecule has 0 bridgehead atoms. The molecule has 0 fully saturated rings. The molecular formula is C15H17BrN2O. The SMILES string of the molecule is Cc1cc(OC(c2cccnc2)C(C)N)ccc1Br. The highest BCUT2D eigenvalue weighted by molar-refractivity contribution is 9.10. The average Bonchev–Trinajstić information content (AvgIpc) is 2.40. The molecule has 2 aromatic rings. The summed E-state index contributed by atoms with van der Waals surface area (Å²) in [4.78, 5) is 4.12. The van der Waals surface area contributed by atoms with Crippen LogP contribution in [0.4, 0.5) is 0 Å². The van der Waals surface area contributed by atoms with Gasteiger partial charge >= 0.3 is 0 Å². The third-order valence-corrected chi connectivity index (χ3v) is 3.77. The van der Waals surface area contributed by atoms with E-state index in [1.165, 1.54) is 0 Å². The van der Waals surface area contributed by atoms with Crippen LogP contribution in [-0.2, 0) is 0 Å². The fourth-order valence-electron chi connectivity index (χ4n) is 1.86. The molecule has 0 saturated heterocycles. The molecular weight excluding hydrogens is 304 g/mol. The van der Waals surface area contributed by atoms with Gasteiger partial charge in [0.05, 0.1) is 0 Å². The van der Waals surface area contributed by atoms with Crippen molar-refractivity contribution in [1.82, 2.24) is 4.98 Å². The first kappa shape index (κ1) is 14.0. The first-order chi connectivity index (χ1) is 9.08. The lowest BCUT2D eigenvalue weighted by atomic mass is 10.1. The summed E-state index contributed by atoms with van der Waals surface area (Å²) in [6.07, 6.45) is 3.33. The number of nitrogens with zero attached hydrogens (tertiary/aromatic N) is 1. The number of halogens is 1. The maximum Gasteiger partial charge on any atom is 0.140 e. The van der Waals surface area contributed by atoms with Crippen LogP contribution in [0, 0.1) is 6.92 Å². The predicted octanol–water partition coefficient (Wildman–Crippen LogP) is 3.62. The number of benzene rings is 1. The van der Waals surface area contributed by atoms with E-state index in [-0.39, 0.29) is 12.1 Å². The summed E-state index contributed by atoms with van der Waals surface area (Å²) in [6, 6.07) is 9.66. The molecule has 0 aliphatic rings. The molecule has 2 N–H and O–H groups in total. The summed E-state index contributed by atoms with van der Waals surface area (Å²) >= 11 is 3.48. The Morgan fingerprint density at radius 2 is 2.11 bits per heavy atom. The highest BCUT2D eigenvalue weighted by atomic mass is 79.9. The third kappa shape index (κ3) is 3.55. The summed E-state index contributed by atoms with van der Waals surface area (Å²) in [5.41, 5.74) is 8.14. The molecule has 100 valence electrons. The number of aromatic nitrogens is 1. The van der Waals surface area contributed by atoms with Gasteiger partial charge in [0.2, 0.25) is 0 Å². The molecule has 0 saturated carbocycles. The molecule has 1 aromatic carbocycles. The van der Waals surface area contributed by atoms with Crippen LogP contribution in [0.25, 0.3) is 0 Å². The highest BCUT2D eigenvalue weighted by Crippen LogP contribution is 2.27. The molecule has 1 heterocycles. The number of ether oxygens (including phenoxy) is 1. The summed E-state index contributed by atoms with van der Waals surface area (Å²) in [6.45, 7) is 3.96. The van der Waals surface area contributed by atoms with E-state index >= 15 is 0 Å². The summed E-state index contributed by atoms with van der Waals surface area (Å²) in [5.74, 6) is 0.812. The van der Waals surface area contributed by atoms with Crippen LogP contribution < -0.4 is 10.5 Å². The number of aryl methyl sites for hydroxylation is 1. The smallest absolute Gasteiger partial charge is 0.140 e. The monoisotopic (exact) mass is 320 g/mol.